The summed E-state index contributed by atoms with van der Waals surface area (Å²) in [6.45, 7) is 8.09. The van der Waals surface area contributed by atoms with Gasteiger partial charge in [0.25, 0.3) is 5.69 Å². The lowest BCUT2D eigenvalue weighted by Crippen LogP contribution is -2.45. The Kier molecular flexibility index (Phi) is 8.22. The number of hydrogen-bond acceptors (Lipinski definition) is 10. The van der Waals surface area contributed by atoms with Crippen molar-refractivity contribution in [2.75, 3.05) is 13.7 Å². The Morgan fingerprint density at radius 2 is 1.43 bits per heavy atom. The molecule has 1 aliphatic heterocycles. The Balaban J connectivity index is 1.66. The zero-order valence-corrected chi connectivity index (χ0v) is 26.2. The Labute approximate surface area is 264 Å². The fourth-order valence-electron chi connectivity index (χ4n) is 6.77. The second kappa shape index (κ2) is 11.7. The van der Waals surface area contributed by atoms with Crippen LogP contribution in [0.4, 0.5) is 11.4 Å². The number of hydrogen-bond donors (Lipinski definition) is 1. The van der Waals surface area contributed by atoms with Crippen molar-refractivity contribution in [3.63, 3.8) is 0 Å². The number of nitro groups is 2. The highest BCUT2D eigenvalue weighted by molar-refractivity contribution is 6.06. The minimum Gasteiger partial charge on any atom is -0.493 e. The lowest BCUT2D eigenvalue weighted by atomic mass is 9.63. The summed E-state index contributed by atoms with van der Waals surface area (Å²) >= 11 is 0. The number of Topliss-reactive ketones (excluding diaryl/α,β-unsaturated/α-hetero) is 2. The molecule has 46 heavy (non-hydrogen) atoms. The number of carbonyl (C=O) groups excluding carboxylic acids is 2. The van der Waals surface area contributed by atoms with E-state index in [2.05, 4.69) is 0 Å². The number of carbonyl (C=O) groups is 3. The van der Waals surface area contributed by atoms with Crippen molar-refractivity contribution >= 4 is 28.9 Å². The normalized spacial score (nSPS) is 19.0. The van der Waals surface area contributed by atoms with Crippen molar-refractivity contribution in [3.05, 3.63) is 84.7 Å². The van der Waals surface area contributed by atoms with Crippen molar-refractivity contribution in [1.82, 2.24) is 4.90 Å². The molecule has 0 atom stereocenters. The first kappa shape index (κ1) is 32.3. The van der Waals surface area contributed by atoms with Crippen molar-refractivity contribution < 1.29 is 38.8 Å². The predicted molar refractivity (Wildman–Crippen MR) is 165 cm³/mol. The molecule has 1 N–H and O–H groups in total. The molecule has 0 saturated carbocycles. The summed E-state index contributed by atoms with van der Waals surface area (Å²) in [5.41, 5.74) is 1.08. The van der Waals surface area contributed by atoms with Crippen LogP contribution in [0.3, 0.4) is 0 Å². The van der Waals surface area contributed by atoms with E-state index in [0.717, 1.165) is 29.6 Å². The summed E-state index contributed by atoms with van der Waals surface area (Å²) < 4.78 is 11.4. The third kappa shape index (κ3) is 6.09. The van der Waals surface area contributed by atoms with E-state index < -0.39 is 33.1 Å². The molecule has 2 aromatic carbocycles. The number of nitro benzene ring substituents is 2. The van der Waals surface area contributed by atoms with Gasteiger partial charge >= 0.3 is 11.7 Å². The van der Waals surface area contributed by atoms with E-state index in [1.54, 1.807) is 12.1 Å². The molecule has 5 rings (SSSR count). The highest BCUT2D eigenvalue weighted by atomic mass is 16.6. The summed E-state index contributed by atoms with van der Waals surface area (Å²) in [4.78, 5) is 62.8. The van der Waals surface area contributed by atoms with Gasteiger partial charge in [-0.3, -0.25) is 34.6 Å². The van der Waals surface area contributed by atoms with E-state index in [0.29, 0.717) is 29.6 Å². The van der Waals surface area contributed by atoms with Crippen LogP contribution in [0.25, 0.3) is 0 Å². The summed E-state index contributed by atoms with van der Waals surface area (Å²) in [6.07, 6.45) is 1.35. The maximum absolute atomic E-state index is 14.0. The fraction of sp³-hybridized carbons (Fsp3) is 0.424. The van der Waals surface area contributed by atoms with Gasteiger partial charge in [-0.15, -0.1) is 0 Å². The van der Waals surface area contributed by atoms with E-state index >= 15 is 0 Å². The van der Waals surface area contributed by atoms with Crippen molar-refractivity contribution in [1.29, 1.82) is 0 Å². The standard InChI is InChI=1S/C33H35N3O10/c1-32(2)14-21-30(23(37)16-32)29(31-22(34(21)11-10-28(39)40)15-33(3,4)17-24(31)38)18-6-8-26(27(12-18)45-5)46-25-9-7-19(35(41)42)13-20(25)36(43)44/h6-9,12-13,29H,10-11,14-17H2,1-5H3,(H,39,40). The molecule has 2 aliphatic carbocycles. The molecule has 0 radical (unpaired) electrons. The third-order valence-corrected chi connectivity index (χ3v) is 8.66. The Morgan fingerprint density at radius 1 is 0.870 bits per heavy atom. The maximum Gasteiger partial charge on any atom is 0.318 e. The van der Waals surface area contributed by atoms with Crippen molar-refractivity contribution in [2.24, 2.45) is 10.8 Å². The molecule has 0 spiro atoms. The molecule has 0 saturated heterocycles. The molecular weight excluding hydrogens is 598 g/mol. The number of carboxylic acid groups (broad SMARTS) is 1. The van der Waals surface area contributed by atoms with E-state index in [-0.39, 0.29) is 65.5 Å². The molecule has 242 valence electrons. The molecule has 2 aromatic rings. The second-order valence-electron chi connectivity index (χ2n) is 13.5. The van der Waals surface area contributed by atoms with Gasteiger partial charge in [-0.2, -0.15) is 0 Å². The number of benzene rings is 2. The Morgan fingerprint density at radius 3 is 1.93 bits per heavy atom. The van der Waals surface area contributed by atoms with E-state index in [4.69, 9.17) is 9.47 Å². The van der Waals surface area contributed by atoms with Gasteiger partial charge in [-0.1, -0.05) is 33.8 Å². The highest BCUT2D eigenvalue weighted by Gasteiger charge is 2.49. The largest absolute Gasteiger partial charge is 0.493 e. The van der Waals surface area contributed by atoms with Crippen molar-refractivity contribution in [2.45, 2.75) is 65.7 Å². The van der Waals surface area contributed by atoms with Gasteiger partial charge in [0.15, 0.2) is 23.1 Å². The number of non-ortho nitro benzene ring substituents is 1. The number of aliphatic carboxylic acids is 1. The van der Waals surface area contributed by atoms with Gasteiger partial charge in [0.1, 0.15) is 0 Å². The zero-order valence-electron chi connectivity index (χ0n) is 26.2. The van der Waals surface area contributed by atoms with Gasteiger partial charge < -0.3 is 19.5 Å². The van der Waals surface area contributed by atoms with Gasteiger partial charge in [-0.25, -0.2) is 0 Å². The number of methoxy groups -OCH3 is 1. The number of nitrogens with zero attached hydrogens (tertiary/aromatic N) is 3. The molecule has 0 amide bonds. The smallest absolute Gasteiger partial charge is 0.318 e. The van der Waals surface area contributed by atoms with Crippen LogP contribution in [0, 0.1) is 31.1 Å². The van der Waals surface area contributed by atoms with Gasteiger partial charge in [0.2, 0.25) is 5.75 Å². The summed E-state index contributed by atoms with van der Waals surface area (Å²) in [7, 11) is 1.38. The monoisotopic (exact) mass is 633 g/mol. The SMILES string of the molecule is COc1cc(C2C3=C(CC(C)(C)CC3=O)N(CCC(=O)O)C3=C2C(=O)CC(C)(C)C3)ccc1Oc1ccc([N+](=O)[O-])cc1[N+](=O)[O-]. The lowest BCUT2D eigenvalue weighted by Gasteiger charge is -2.49. The predicted octanol–water partition coefficient (Wildman–Crippen LogP) is 6.46. The molecule has 3 aliphatic rings. The Bertz CT molecular complexity index is 1700. The number of ether oxygens (including phenoxy) is 2. The first-order valence-electron chi connectivity index (χ1n) is 14.8. The molecule has 0 fully saturated rings. The number of ketones is 2. The first-order chi connectivity index (χ1) is 21.5. The molecule has 0 bridgehead atoms. The fourth-order valence-corrected chi connectivity index (χ4v) is 6.77. The van der Waals surface area contributed by atoms with Crippen LogP contribution < -0.4 is 9.47 Å². The van der Waals surface area contributed by atoms with E-state index in [9.17, 15) is 39.7 Å². The van der Waals surface area contributed by atoms with E-state index in [1.165, 1.54) is 13.2 Å². The highest BCUT2D eigenvalue weighted by Crippen LogP contribution is 2.55. The minimum absolute atomic E-state index is 0.0812. The molecule has 0 unspecified atom stereocenters. The molecule has 1 heterocycles. The lowest BCUT2D eigenvalue weighted by molar-refractivity contribution is -0.394. The molecule has 13 heteroatoms. The second-order valence-corrected chi connectivity index (χ2v) is 13.5. The van der Waals surface area contributed by atoms with Gasteiger partial charge in [0.05, 0.1) is 29.4 Å². The van der Waals surface area contributed by atoms with Crippen LogP contribution in [0.15, 0.2) is 58.9 Å². The number of allylic oxidation sites excluding steroid dienone is 4. The molecular formula is C33H35N3O10. The topological polar surface area (TPSA) is 179 Å². The summed E-state index contributed by atoms with van der Waals surface area (Å²) in [5, 5.41) is 32.4. The number of rotatable bonds is 9. The minimum atomic E-state index is -0.984. The third-order valence-electron chi connectivity index (χ3n) is 8.66. The van der Waals surface area contributed by atoms with Crippen LogP contribution in [-0.4, -0.2) is 51.0 Å². The molecule has 0 aromatic heterocycles. The average Bonchev–Trinajstić information content (AvgIpc) is 2.94. The van der Waals surface area contributed by atoms with E-state index in [1.807, 2.05) is 32.6 Å². The van der Waals surface area contributed by atoms with Crippen LogP contribution in [0.5, 0.6) is 17.2 Å². The summed E-state index contributed by atoms with van der Waals surface area (Å²) in [5.74, 6) is -1.97. The quantitative estimate of drug-likeness (QED) is 0.236. The Hall–Kier alpha value is -5.07. The maximum atomic E-state index is 14.0. The van der Waals surface area contributed by atoms with Gasteiger partial charge in [0, 0.05) is 53.9 Å². The number of carboxylic acids is 1. The van der Waals surface area contributed by atoms with Gasteiger partial charge in [-0.05, 0) is 47.4 Å². The first-order valence-corrected chi connectivity index (χ1v) is 14.8. The van der Waals surface area contributed by atoms with Crippen molar-refractivity contribution in [3.8, 4) is 17.2 Å². The van der Waals surface area contributed by atoms with Crippen LogP contribution >= 0.6 is 0 Å². The summed E-state index contributed by atoms with van der Waals surface area (Å²) in [6, 6.07) is 7.85. The van der Waals surface area contributed by atoms with Crippen LogP contribution in [0.2, 0.25) is 0 Å². The average molecular weight is 634 g/mol. The zero-order chi connectivity index (χ0) is 33.7. The van der Waals surface area contributed by atoms with Crippen LogP contribution in [-0.2, 0) is 14.4 Å². The molecule has 13 nitrogen and oxygen atoms in total. The van der Waals surface area contributed by atoms with Crippen LogP contribution in [0.1, 0.15) is 71.3 Å².